The van der Waals surface area contributed by atoms with Gasteiger partial charge in [0.15, 0.2) is 23.8 Å². The van der Waals surface area contributed by atoms with E-state index in [1.54, 1.807) is 6.92 Å². The molecule has 1 amide bonds. The van der Waals surface area contributed by atoms with Crippen molar-refractivity contribution in [2.24, 2.45) is 10.7 Å². The summed E-state index contributed by atoms with van der Waals surface area (Å²) in [5.74, 6) is -1.93. The molecule has 0 saturated heterocycles. The molecule has 0 aromatic heterocycles. The minimum atomic E-state index is -2.44. The minimum Gasteiger partial charge on any atom is -0.460 e. The second-order valence-electron chi connectivity index (χ2n) is 6.68. The molecule has 1 aromatic carbocycles. The van der Waals surface area contributed by atoms with Gasteiger partial charge in [-0.05, 0) is 47.9 Å². The van der Waals surface area contributed by atoms with E-state index in [1.165, 1.54) is 32.2 Å². The van der Waals surface area contributed by atoms with Crippen molar-refractivity contribution in [3.63, 3.8) is 0 Å². The number of nitrogens with zero attached hydrogens (tertiary/aromatic N) is 2. The Morgan fingerprint density at radius 1 is 1.36 bits per heavy atom. The van der Waals surface area contributed by atoms with Crippen molar-refractivity contribution in [3.05, 3.63) is 52.9 Å². The van der Waals surface area contributed by atoms with Gasteiger partial charge in [0.05, 0.1) is 0 Å². The Labute approximate surface area is 159 Å². The normalized spacial score (nSPS) is 28.6. The van der Waals surface area contributed by atoms with Gasteiger partial charge in [-0.3, -0.25) is 9.69 Å². The number of aryl methyl sites for hydroxylation is 1. The number of alkyl halides is 3. The molecule has 1 heterocycles. The van der Waals surface area contributed by atoms with Crippen LogP contribution < -0.4 is 10.5 Å². The highest BCUT2D eigenvalue weighted by atomic mass is 19.2. The number of hydrogen-bond acceptors (Lipinski definition) is 4. The fraction of sp³-hybridized carbons (Fsp3) is 0.368. The number of aliphatic imine (C=N–C) groups is 1. The summed E-state index contributed by atoms with van der Waals surface area (Å²) in [7, 11) is 1.37. The zero-order valence-corrected chi connectivity index (χ0v) is 15.4. The van der Waals surface area contributed by atoms with Crippen LogP contribution in [0.1, 0.15) is 18.1 Å². The summed E-state index contributed by atoms with van der Waals surface area (Å²) in [6.45, 7) is 2.83. The van der Waals surface area contributed by atoms with Crippen LogP contribution in [0.5, 0.6) is 5.75 Å². The predicted octanol–water partition coefficient (Wildman–Crippen LogP) is 3.14. The van der Waals surface area contributed by atoms with E-state index in [4.69, 9.17) is 10.5 Å². The molecular weight excluding hydrogens is 378 g/mol. The second-order valence-corrected chi connectivity index (χ2v) is 6.68. The second kappa shape index (κ2) is 6.96. The molecule has 9 heteroatoms. The predicted molar refractivity (Wildman–Crippen MR) is 95.5 cm³/mol. The molecule has 4 unspecified atom stereocenters. The molecule has 1 aliphatic carbocycles. The van der Waals surface area contributed by atoms with Gasteiger partial charge in [0.25, 0.3) is 5.91 Å². The lowest BCUT2D eigenvalue weighted by Gasteiger charge is -2.30. The fourth-order valence-electron chi connectivity index (χ4n) is 3.28. The number of guanidine groups is 1. The van der Waals surface area contributed by atoms with E-state index in [2.05, 4.69) is 4.99 Å². The van der Waals surface area contributed by atoms with Gasteiger partial charge in [0.2, 0.25) is 6.36 Å². The average Bonchev–Trinajstić information content (AvgIpc) is 2.85. The zero-order valence-electron chi connectivity index (χ0n) is 15.4. The number of likely N-dealkylation sites (N-methyl/N-ethyl adjacent to an activating group) is 1. The van der Waals surface area contributed by atoms with Crippen molar-refractivity contribution in [2.75, 3.05) is 7.05 Å². The third kappa shape index (κ3) is 3.04. The van der Waals surface area contributed by atoms with Crippen molar-refractivity contribution in [3.8, 4) is 5.75 Å². The first-order valence-electron chi connectivity index (χ1n) is 8.50. The number of carbonyl (C=O) groups is 1. The van der Waals surface area contributed by atoms with Gasteiger partial charge in [0.1, 0.15) is 11.6 Å². The molecule has 0 bridgehead atoms. The molecule has 2 N–H and O–H groups in total. The van der Waals surface area contributed by atoms with Crippen LogP contribution in [0.2, 0.25) is 0 Å². The number of benzene rings is 1. The molecule has 4 atom stereocenters. The summed E-state index contributed by atoms with van der Waals surface area (Å²) in [6.07, 6.45) is -4.69. The third-order valence-corrected chi connectivity index (χ3v) is 4.72. The first-order chi connectivity index (χ1) is 13.1. The van der Waals surface area contributed by atoms with Crippen LogP contribution in [-0.2, 0) is 10.3 Å². The van der Waals surface area contributed by atoms with Crippen molar-refractivity contribution in [1.82, 2.24) is 4.90 Å². The van der Waals surface area contributed by atoms with Gasteiger partial charge >= 0.3 is 0 Å². The molecule has 150 valence electrons. The highest BCUT2D eigenvalue weighted by Crippen LogP contribution is 2.44. The van der Waals surface area contributed by atoms with Crippen LogP contribution in [0.25, 0.3) is 0 Å². The lowest BCUT2D eigenvalue weighted by Crippen LogP contribution is -2.42. The summed E-state index contributed by atoms with van der Waals surface area (Å²) in [5, 5.41) is 0. The number of rotatable bonds is 4. The third-order valence-electron chi connectivity index (χ3n) is 4.72. The van der Waals surface area contributed by atoms with Gasteiger partial charge < -0.3 is 10.5 Å². The standard InChI is InChI=1S/C19H19F4N3O2/c1-9-6-11(4-5-15(9)28-10(2)20)19(17(27)26(3)18(24)25-19)12-7-13(21)16(23)14(22)8-12/h4-8,10,13,16H,1-3H3,(H2,24,25). The maximum Gasteiger partial charge on any atom is 0.266 e. The molecule has 0 fully saturated rings. The fourth-order valence-corrected chi connectivity index (χ4v) is 3.28. The molecule has 1 aromatic rings. The topological polar surface area (TPSA) is 67.9 Å². The van der Waals surface area contributed by atoms with Crippen LogP contribution in [0, 0.1) is 6.92 Å². The first kappa shape index (κ1) is 19.9. The Balaban J connectivity index is 2.19. The largest absolute Gasteiger partial charge is 0.460 e. The van der Waals surface area contributed by atoms with Crippen molar-refractivity contribution in [1.29, 1.82) is 0 Å². The van der Waals surface area contributed by atoms with E-state index < -0.39 is 36.0 Å². The highest BCUT2D eigenvalue weighted by Gasteiger charge is 2.52. The van der Waals surface area contributed by atoms with Gasteiger partial charge in [-0.2, -0.15) is 0 Å². The number of hydrogen-bond donors (Lipinski definition) is 1. The Bertz CT molecular complexity index is 912. The molecule has 0 radical (unpaired) electrons. The summed E-state index contributed by atoms with van der Waals surface area (Å²) in [6, 6.07) is 4.35. The SMILES string of the molecule is Cc1cc(C2(C3=CC(F)C(F)C(F)=C3)N=C(N)N(C)C2=O)ccc1OC(C)F. The maximum absolute atomic E-state index is 14.0. The number of amides is 1. The van der Waals surface area contributed by atoms with Crippen LogP contribution in [0.4, 0.5) is 17.6 Å². The Hall–Kier alpha value is -2.84. The zero-order chi connectivity index (χ0) is 20.8. The van der Waals surface area contributed by atoms with Crippen molar-refractivity contribution >= 4 is 11.9 Å². The van der Waals surface area contributed by atoms with E-state index >= 15 is 0 Å². The smallest absolute Gasteiger partial charge is 0.266 e. The Morgan fingerprint density at radius 2 is 2.04 bits per heavy atom. The van der Waals surface area contributed by atoms with Gasteiger partial charge in [-0.25, -0.2) is 22.6 Å². The molecule has 3 rings (SSSR count). The monoisotopic (exact) mass is 397 g/mol. The van der Waals surface area contributed by atoms with Crippen LogP contribution in [0.3, 0.4) is 0 Å². The molecular formula is C19H19F4N3O2. The quantitative estimate of drug-likeness (QED) is 0.794. The van der Waals surface area contributed by atoms with E-state index in [1.807, 2.05) is 0 Å². The van der Waals surface area contributed by atoms with Crippen LogP contribution >= 0.6 is 0 Å². The van der Waals surface area contributed by atoms with E-state index in [0.717, 1.165) is 17.1 Å². The van der Waals surface area contributed by atoms with E-state index in [-0.39, 0.29) is 22.8 Å². The molecule has 0 saturated carbocycles. The number of nitrogens with two attached hydrogens (primary N) is 1. The summed E-state index contributed by atoms with van der Waals surface area (Å²) >= 11 is 0. The molecule has 28 heavy (non-hydrogen) atoms. The number of halogens is 4. The van der Waals surface area contributed by atoms with E-state index in [9.17, 15) is 22.4 Å². The summed E-state index contributed by atoms with van der Waals surface area (Å²) in [4.78, 5) is 18.3. The van der Waals surface area contributed by atoms with Crippen LogP contribution in [0.15, 0.2) is 46.7 Å². The summed E-state index contributed by atoms with van der Waals surface area (Å²) < 4.78 is 59.8. The summed E-state index contributed by atoms with van der Waals surface area (Å²) in [5.41, 5.74) is 4.44. The van der Waals surface area contributed by atoms with Crippen LogP contribution in [-0.4, -0.2) is 42.5 Å². The maximum atomic E-state index is 14.0. The van der Waals surface area contributed by atoms with Gasteiger partial charge in [-0.1, -0.05) is 6.07 Å². The molecule has 5 nitrogen and oxygen atoms in total. The Morgan fingerprint density at radius 3 is 2.54 bits per heavy atom. The molecule has 0 spiro atoms. The van der Waals surface area contributed by atoms with Crippen molar-refractivity contribution < 1.29 is 27.1 Å². The lowest BCUT2D eigenvalue weighted by molar-refractivity contribution is -0.129. The average molecular weight is 397 g/mol. The van der Waals surface area contributed by atoms with Gasteiger partial charge in [0, 0.05) is 14.0 Å². The van der Waals surface area contributed by atoms with Gasteiger partial charge in [-0.15, -0.1) is 0 Å². The molecule has 2 aliphatic rings. The van der Waals surface area contributed by atoms with E-state index in [0.29, 0.717) is 5.56 Å². The first-order valence-corrected chi connectivity index (χ1v) is 8.50. The minimum absolute atomic E-state index is 0.159. The number of carbonyl (C=O) groups excluding carboxylic acids is 1. The number of ether oxygens (including phenoxy) is 1. The lowest BCUT2D eigenvalue weighted by atomic mass is 9.79. The number of allylic oxidation sites excluding steroid dienone is 2. The van der Waals surface area contributed by atoms with Crippen molar-refractivity contribution in [2.45, 2.75) is 38.1 Å². The molecule has 1 aliphatic heterocycles. The highest BCUT2D eigenvalue weighted by molar-refractivity contribution is 6.09. The Kier molecular flexibility index (Phi) is 4.95.